The van der Waals surface area contributed by atoms with Crippen LogP contribution in [0.5, 0.6) is 0 Å². The first-order valence-electron chi connectivity index (χ1n) is 5.93. The van der Waals surface area contributed by atoms with Crippen molar-refractivity contribution in [3.05, 3.63) is 53.6 Å². The van der Waals surface area contributed by atoms with E-state index in [0.717, 1.165) is 16.1 Å². The minimum atomic E-state index is -0.169. The van der Waals surface area contributed by atoms with Crippen molar-refractivity contribution < 1.29 is 4.79 Å². The monoisotopic (exact) mass is 272 g/mol. The number of hydrogen-bond donors (Lipinski definition) is 2. The third kappa shape index (κ3) is 2.90. The Morgan fingerprint density at radius 1 is 1.16 bits per heavy atom. The van der Waals surface area contributed by atoms with E-state index in [1.54, 1.807) is 17.8 Å². The zero-order valence-electron chi connectivity index (χ0n) is 10.9. The van der Waals surface area contributed by atoms with Crippen LogP contribution in [0.1, 0.15) is 15.9 Å². The summed E-state index contributed by atoms with van der Waals surface area (Å²) >= 11 is 1.60. The normalized spacial score (nSPS) is 10.2. The highest BCUT2D eigenvalue weighted by Gasteiger charge is 2.13. The summed E-state index contributed by atoms with van der Waals surface area (Å²) in [6.07, 6.45) is 1.98. The van der Waals surface area contributed by atoms with Crippen LogP contribution in [0, 0.1) is 6.92 Å². The molecule has 3 N–H and O–H groups in total. The van der Waals surface area contributed by atoms with Crippen LogP contribution in [0.2, 0.25) is 0 Å². The van der Waals surface area contributed by atoms with E-state index >= 15 is 0 Å². The molecule has 2 aromatic carbocycles. The van der Waals surface area contributed by atoms with Crippen molar-refractivity contribution in [2.75, 3.05) is 17.3 Å². The second-order valence-corrected chi connectivity index (χ2v) is 5.04. The minimum Gasteiger partial charge on any atom is -0.398 e. The molecule has 0 saturated carbocycles. The highest BCUT2D eigenvalue weighted by Crippen LogP contribution is 2.26. The van der Waals surface area contributed by atoms with Gasteiger partial charge in [-0.15, -0.1) is 11.8 Å². The number of nitrogen functional groups attached to an aromatic ring is 1. The van der Waals surface area contributed by atoms with Gasteiger partial charge in [-0.1, -0.05) is 24.3 Å². The summed E-state index contributed by atoms with van der Waals surface area (Å²) in [6.45, 7) is 1.88. The van der Waals surface area contributed by atoms with Crippen LogP contribution in [0.3, 0.4) is 0 Å². The Hall–Kier alpha value is -1.94. The topological polar surface area (TPSA) is 55.1 Å². The highest BCUT2D eigenvalue weighted by molar-refractivity contribution is 7.98. The number of hydrogen-bond acceptors (Lipinski definition) is 3. The van der Waals surface area contributed by atoms with Crippen LogP contribution >= 0.6 is 11.8 Å². The van der Waals surface area contributed by atoms with Crippen molar-refractivity contribution in [3.63, 3.8) is 0 Å². The Morgan fingerprint density at radius 2 is 1.89 bits per heavy atom. The Kier molecular flexibility index (Phi) is 4.12. The van der Waals surface area contributed by atoms with Gasteiger partial charge in [0.05, 0.1) is 11.3 Å². The van der Waals surface area contributed by atoms with E-state index in [9.17, 15) is 4.79 Å². The molecular weight excluding hydrogens is 256 g/mol. The second kappa shape index (κ2) is 5.80. The lowest BCUT2D eigenvalue weighted by Gasteiger charge is -2.12. The summed E-state index contributed by atoms with van der Waals surface area (Å²) in [7, 11) is 0. The summed E-state index contributed by atoms with van der Waals surface area (Å²) in [5.41, 5.74) is 8.60. The predicted molar refractivity (Wildman–Crippen MR) is 81.8 cm³/mol. The first-order chi connectivity index (χ1) is 9.13. The molecular formula is C15H16N2OS. The Balaban J connectivity index is 2.31. The van der Waals surface area contributed by atoms with Gasteiger partial charge in [0, 0.05) is 10.6 Å². The fraction of sp³-hybridized carbons (Fsp3) is 0.133. The zero-order chi connectivity index (χ0) is 13.8. The van der Waals surface area contributed by atoms with Crippen LogP contribution in [0.25, 0.3) is 0 Å². The van der Waals surface area contributed by atoms with Crippen LogP contribution in [-0.2, 0) is 0 Å². The first kappa shape index (κ1) is 13.5. The molecule has 0 bridgehead atoms. The number of nitrogens with two attached hydrogens (primary N) is 1. The second-order valence-electron chi connectivity index (χ2n) is 4.19. The summed E-state index contributed by atoms with van der Waals surface area (Å²) in [5, 5.41) is 2.92. The molecule has 0 radical (unpaired) electrons. The van der Waals surface area contributed by atoms with Gasteiger partial charge in [0.25, 0.3) is 5.91 Å². The molecule has 0 heterocycles. The molecule has 19 heavy (non-hydrogen) atoms. The number of benzene rings is 2. The fourth-order valence-corrected chi connectivity index (χ4v) is 2.49. The Morgan fingerprint density at radius 3 is 2.58 bits per heavy atom. The number of thioether (sulfide) groups is 1. The van der Waals surface area contributed by atoms with Gasteiger partial charge in [-0.25, -0.2) is 0 Å². The molecule has 0 aromatic heterocycles. The largest absolute Gasteiger partial charge is 0.398 e. The third-order valence-electron chi connectivity index (χ3n) is 2.89. The van der Waals surface area contributed by atoms with E-state index in [-0.39, 0.29) is 5.91 Å². The summed E-state index contributed by atoms with van der Waals surface area (Å²) in [4.78, 5) is 13.4. The van der Waals surface area contributed by atoms with Crippen LogP contribution < -0.4 is 11.1 Å². The number of para-hydroxylation sites is 1. The van der Waals surface area contributed by atoms with Crippen LogP contribution in [-0.4, -0.2) is 12.2 Å². The van der Waals surface area contributed by atoms with E-state index in [1.807, 2.05) is 49.6 Å². The quantitative estimate of drug-likeness (QED) is 0.663. The molecule has 98 valence electrons. The zero-order valence-corrected chi connectivity index (χ0v) is 11.8. The van der Waals surface area contributed by atoms with E-state index in [4.69, 9.17) is 5.73 Å². The summed E-state index contributed by atoms with van der Waals surface area (Å²) < 4.78 is 0. The van der Waals surface area contributed by atoms with E-state index < -0.39 is 0 Å². The first-order valence-corrected chi connectivity index (χ1v) is 7.15. The highest BCUT2D eigenvalue weighted by atomic mass is 32.2. The summed E-state index contributed by atoms with van der Waals surface area (Å²) in [6, 6.07) is 13.2. The van der Waals surface area contributed by atoms with Gasteiger partial charge in [-0.05, 0) is 36.9 Å². The smallest absolute Gasteiger partial charge is 0.258 e. The lowest BCUT2D eigenvalue weighted by Crippen LogP contribution is -2.16. The van der Waals surface area contributed by atoms with Crippen LogP contribution in [0.15, 0.2) is 47.4 Å². The molecule has 0 aliphatic rings. The maximum absolute atomic E-state index is 12.3. The van der Waals surface area contributed by atoms with Gasteiger partial charge in [0.2, 0.25) is 0 Å². The van der Waals surface area contributed by atoms with Crippen molar-refractivity contribution in [3.8, 4) is 0 Å². The van der Waals surface area contributed by atoms with Crippen molar-refractivity contribution >= 4 is 29.0 Å². The molecule has 0 aliphatic carbocycles. The molecule has 2 rings (SSSR count). The average Bonchev–Trinajstić information content (AvgIpc) is 2.39. The van der Waals surface area contributed by atoms with Crippen LogP contribution in [0.4, 0.5) is 11.4 Å². The molecule has 0 unspecified atom stereocenters. The molecule has 0 spiro atoms. The molecule has 3 nitrogen and oxygen atoms in total. The molecule has 0 atom stereocenters. The lowest BCUT2D eigenvalue weighted by molar-refractivity contribution is 0.102. The molecule has 2 aromatic rings. The molecule has 0 fully saturated rings. The molecule has 4 heteroatoms. The number of anilines is 2. The number of amides is 1. The Bertz CT molecular complexity index is 591. The molecule has 1 amide bonds. The number of carbonyl (C=O) groups is 1. The standard InChI is InChI=1S/C15H16N2OS/c1-10-6-5-7-11(16)14(10)15(18)17-12-8-3-4-9-13(12)19-2/h3-9H,16H2,1-2H3,(H,17,18). The van der Waals surface area contributed by atoms with Gasteiger partial charge in [0.1, 0.15) is 0 Å². The molecule has 0 saturated heterocycles. The summed E-state index contributed by atoms with van der Waals surface area (Å²) in [5.74, 6) is -0.169. The van der Waals surface area contributed by atoms with E-state index in [2.05, 4.69) is 5.32 Å². The number of carbonyl (C=O) groups excluding carboxylic acids is 1. The maximum Gasteiger partial charge on any atom is 0.258 e. The lowest BCUT2D eigenvalue weighted by atomic mass is 10.1. The maximum atomic E-state index is 12.3. The van der Waals surface area contributed by atoms with Crippen molar-refractivity contribution in [1.82, 2.24) is 0 Å². The van der Waals surface area contributed by atoms with E-state index in [0.29, 0.717) is 11.3 Å². The average molecular weight is 272 g/mol. The number of nitrogens with one attached hydrogen (secondary N) is 1. The van der Waals surface area contributed by atoms with Crippen molar-refractivity contribution in [1.29, 1.82) is 0 Å². The van der Waals surface area contributed by atoms with Gasteiger partial charge >= 0.3 is 0 Å². The Labute approximate surface area is 117 Å². The molecule has 0 aliphatic heterocycles. The predicted octanol–water partition coefficient (Wildman–Crippen LogP) is 3.55. The van der Waals surface area contributed by atoms with Crippen molar-refractivity contribution in [2.24, 2.45) is 0 Å². The van der Waals surface area contributed by atoms with Gasteiger partial charge in [0.15, 0.2) is 0 Å². The minimum absolute atomic E-state index is 0.169. The van der Waals surface area contributed by atoms with E-state index in [1.165, 1.54) is 0 Å². The number of aryl methyl sites for hydroxylation is 1. The SMILES string of the molecule is CSc1ccccc1NC(=O)c1c(C)cccc1N. The third-order valence-corrected chi connectivity index (χ3v) is 3.68. The van der Waals surface area contributed by atoms with Crippen molar-refractivity contribution in [2.45, 2.75) is 11.8 Å². The van der Waals surface area contributed by atoms with Gasteiger partial charge in [-0.3, -0.25) is 4.79 Å². The van der Waals surface area contributed by atoms with Gasteiger partial charge in [-0.2, -0.15) is 0 Å². The fourth-order valence-electron chi connectivity index (χ4n) is 1.93. The number of rotatable bonds is 3. The van der Waals surface area contributed by atoms with Gasteiger partial charge < -0.3 is 11.1 Å².